The molecule has 10 rings (SSSR count). The first-order valence-corrected chi connectivity index (χ1v) is 16.0. The minimum absolute atomic E-state index is 0.268. The van der Waals surface area contributed by atoms with E-state index in [-0.39, 0.29) is 5.41 Å². The van der Waals surface area contributed by atoms with Crippen LogP contribution in [0.1, 0.15) is 25.0 Å². The van der Waals surface area contributed by atoms with Crippen molar-refractivity contribution < 1.29 is 4.42 Å². The molecule has 5 heteroatoms. The van der Waals surface area contributed by atoms with Crippen molar-refractivity contribution in [2.24, 2.45) is 0 Å². The Morgan fingerprint density at radius 3 is 1.89 bits per heavy atom. The van der Waals surface area contributed by atoms with Crippen molar-refractivity contribution in [3.8, 4) is 39.9 Å². The zero-order valence-corrected chi connectivity index (χ0v) is 25.9. The van der Waals surface area contributed by atoms with Crippen LogP contribution in [0.25, 0.3) is 83.6 Å². The van der Waals surface area contributed by atoms with Crippen LogP contribution in [0.4, 0.5) is 0 Å². The number of aromatic nitrogens is 4. The maximum absolute atomic E-state index is 6.86. The minimum atomic E-state index is -0.268. The van der Waals surface area contributed by atoms with Gasteiger partial charge in [0.15, 0.2) is 11.6 Å². The summed E-state index contributed by atoms with van der Waals surface area (Å²) < 4.78 is 9.10. The zero-order valence-electron chi connectivity index (χ0n) is 25.9. The fraction of sp³-hybridized carbons (Fsp3) is 0.0714. The van der Waals surface area contributed by atoms with Crippen LogP contribution in [-0.4, -0.2) is 19.5 Å². The van der Waals surface area contributed by atoms with E-state index >= 15 is 0 Å². The van der Waals surface area contributed by atoms with E-state index in [1.54, 1.807) is 0 Å². The Balaban J connectivity index is 1.44. The lowest BCUT2D eigenvalue weighted by molar-refractivity contribution is 0.658. The highest BCUT2D eigenvalue weighted by Crippen LogP contribution is 2.57. The highest BCUT2D eigenvalue weighted by molar-refractivity contribution is 6.30. The molecule has 0 unspecified atom stereocenters. The summed E-state index contributed by atoms with van der Waals surface area (Å²) in [5.41, 5.74) is 10.4. The molecule has 222 valence electrons. The van der Waals surface area contributed by atoms with Gasteiger partial charge < -0.3 is 4.42 Å². The molecule has 9 aromatic rings. The first-order valence-electron chi connectivity index (χ1n) is 16.0. The molecule has 0 bridgehead atoms. The summed E-state index contributed by atoms with van der Waals surface area (Å²) in [7, 11) is 0. The molecule has 1 aliphatic carbocycles. The van der Waals surface area contributed by atoms with Crippen LogP contribution in [0.2, 0.25) is 0 Å². The summed E-state index contributed by atoms with van der Waals surface area (Å²) in [6.45, 7) is 4.67. The Kier molecular flexibility index (Phi) is 5.28. The molecule has 0 spiro atoms. The number of rotatable bonds is 3. The highest BCUT2D eigenvalue weighted by Gasteiger charge is 2.41. The molecule has 6 aromatic carbocycles. The molecule has 1 aliphatic rings. The molecule has 0 amide bonds. The van der Waals surface area contributed by atoms with E-state index in [2.05, 4.69) is 85.1 Å². The standard InChI is InChI=1S/C42H28N4O/c1-42(2)30-22-12-9-19-27(30)34-36(42)33-28-20-10-13-23-31(28)46(37(33)35-29-21-11-14-24-32(29)47-38(34)35)41-44-39(25-15-5-3-6-16-25)43-40(45-41)26-17-7-4-8-18-26/h3-24H,1-2H3. The number of nitrogens with zero attached hydrogens (tertiary/aromatic N) is 4. The zero-order chi connectivity index (χ0) is 31.3. The summed E-state index contributed by atoms with van der Waals surface area (Å²) in [5, 5.41) is 4.51. The third-order valence-electron chi connectivity index (χ3n) is 9.82. The summed E-state index contributed by atoms with van der Waals surface area (Å²) in [4.78, 5) is 15.4. The van der Waals surface area contributed by atoms with Crippen LogP contribution in [0.5, 0.6) is 0 Å². The fourth-order valence-corrected chi connectivity index (χ4v) is 7.79. The second kappa shape index (κ2) is 9.47. The van der Waals surface area contributed by atoms with Gasteiger partial charge >= 0.3 is 0 Å². The molecule has 47 heavy (non-hydrogen) atoms. The predicted octanol–water partition coefficient (Wildman–Crippen LogP) is 10.5. The molecule has 3 aromatic heterocycles. The van der Waals surface area contributed by atoms with E-state index in [1.807, 2.05) is 66.7 Å². The van der Waals surface area contributed by atoms with Gasteiger partial charge in [0.1, 0.15) is 11.2 Å². The Morgan fingerprint density at radius 2 is 1.17 bits per heavy atom. The third kappa shape index (κ3) is 3.57. The second-order valence-corrected chi connectivity index (χ2v) is 12.8. The monoisotopic (exact) mass is 604 g/mol. The largest absolute Gasteiger partial charge is 0.455 e. The van der Waals surface area contributed by atoms with E-state index in [9.17, 15) is 0 Å². The minimum Gasteiger partial charge on any atom is -0.455 e. The van der Waals surface area contributed by atoms with Crippen molar-refractivity contribution in [1.29, 1.82) is 0 Å². The molecule has 0 fully saturated rings. The SMILES string of the molecule is CC1(C)c2ccccc2-c2c1c1c3ccccc3n(-c3nc(-c4ccccc4)nc(-c4ccccc4)n3)c1c1c2oc2ccccc21. The first-order chi connectivity index (χ1) is 23.1. The average molecular weight is 605 g/mol. The predicted molar refractivity (Wildman–Crippen MR) is 190 cm³/mol. The number of fused-ring (bicyclic) bond motifs is 12. The van der Waals surface area contributed by atoms with E-state index in [1.165, 1.54) is 27.6 Å². The van der Waals surface area contributed by atoms with Crippen LogP contribution in [0.15, 0.2) is 138 Å². The summed E-state index contributed by atoms with van der Waals surface area (Å²) in [6, 6.07) is 46.1. The molecule has 5 nitrogen and oxygen atoms in total. The van der Waals surface area contributed by atoms with Crippen molar-refractivity contribution in [3.63, 3.8) is 0 Å². The van der Waals surface area contributed by atoms with Crippen LogP contribution in [0.3, 0.4) is 0 Å². The van der Waals surface area contributed by atoms with Crippen LogP contribution in [-0.2, 0) is 5.41 Å². The summed E-state index contributed by atoms with van der Waals surface area (Å²) >= 11 is 0. The first kappa shape index (κ1) is 26.2. The van der Waals surface area contributed by atoms with Gasteiger partial charge in [-0.15, -0.1) is 0 Å². The van der Waals surface area contributed by atoms with E-state index in [0.717, 1.165) is 49.5 Å². The van der Waals surface area contributed by atoms with Gasteiger partial charge in [0.25, 0.3) is 0 Å². The van der Waals surface area contributed by atoms with E-state index in [4.69, 9.17) is 19.4 Å². The van der Waals surface area contributed by atoms with Crippen LogP contribution < -0.4 is 0 Å². The smallest absolute Gasteiger partial charge is 0.238 e. The molecule has 0 radical (unpaired) electrons. The van der Waals surface area contributed by atoms with Crippen LogP contribution in [0, 0.1) is 0 Å². The van der Waals surface area contributed by atoms with Crippen LogP contribution >= 0.6 is 0 Å². The Morgan fingerprint density at radius 1 is 0.574 bits per heavy atom. The van der Waals surface area contributed by atoms with Gasteiger partial charge in [0, 0.05) is 38.3 Å². The number of furan rings is 1. The number of para-hydroxylation sites is 2. The summed E-state index contributed by atoms with van der Waals surface area (Å²) in [6.07, 6.45) is 0. The number of hydrogen-bond donors (Lipinski definition) is 0. The third-order valence-corrected chi connectivity index (χ3v) is 9.82. The lowest BCUT2D eigenvalue weighted by atomic mass is 9.80. The second-order valence-electron chi connectivity index (χ2n) is 12.8. The van der Waals surface area contributed by atoms with Crippen molar-refractivity contribution in [1.82, 2.24) is 19.5 Å². The molecule has 0 atom stereocenters. The van der Waals surface area contributed by atoms with Gasteiger partial charge in [-0.05, 0) is 28.8 Å². The van der Waals surface area contributed by atoms with Crippen molar-refractivity contribution >= 4 is 43.7 Å². The van der Waals surface area contributed by atoms with Crippen molar-refractivity contribution in [2.75, 3.05) is 0 Å². The average Bonchev–Trinajstić information content (AvgIpc) is 3.75. The highest BCUT2D eigenvalue weighted by atomic mass is 16.3. The molecular formula is C42H28N4O. The fourth-order valence-electron chi connectivity index (χ4n) is 7.79. The van der Waals surface area contributed by atoms with Gasteiger partial charge in [-0.1, -0.05) is 135 Å². The molecule has 0 saturated carbocycles. The number of hydrogen-bond acceptors (Lipinski definition) is 4. The topological polar surface area (TPSA) is 56.7 Å². The number of benzene rings is 6. The van der Waals surface area contributed by atoms with Gasteiger partial charge in [0.05, 0.1) is 16.4 Å². The lowest BCUT2D eigenvalue weighted by Gasteiger charge is -2.23. The molecule has 0 aliphatic heterocycles. The Hall–Kier alpha value is -6.07. The maximum atomic E-state index is 6.86. The quantitative estimate of drug-likeness (QED) is 0.201. The van der Waals surface area contributed by atoms with E-state index < -0.39 is 0 Å². The molecule has 0 N–H and O–H groups in total. The molecular weight excluding hydrogens is 576 g/mol. The van der Waals surface area contributed by atoms with Crippen molar-refractivity contribution in [3.05, 3.63) is 145 Å². The molecule has 0 saturated heterocycles. The van der Waals surface area contributed by atoms with Gasteiger partial charge in [0.2, 0.25) is 5.95 Å². The lowest BCUT2D eigenvalue weighted by Crippen LogP contribution is -2.15. The van der Waals surface area contributed by atoms with Crippen molar-refractivity contribution in [2.45, 2.75) is 19.3 Å². The van der Waals surface area contributed by atoms with E-state index in [0.29, 0.717) is 17.6 Å². The molecule has 3 heterocycles. The van der Waals surface area contributed by atoms with Gasteiger partial charge in [-0.25, -0.2) is 4.98 Å². The Labute approximate surface area is 270 Å². The maximum Gasteiger partial charge on any atom is 0.238 e. The van der Waals surface area contributed by atoms with Gasteiger partial charge in [-0.3, -0.25) is 4.57 Å². The summed E-state index contributed by atoms with van der Waals surface area (Å²) in [5.74, 6) is 1.83. The van der Waals surface area contributed by atoms with Gasteiger partial charge in [-0.2, -0.15) is 9.97 Å². The normalized spacial score (nSPS) is 13.5. The Bertz CT molecular complexity index is 2640.